The Kier molecular flexibility index (Phi) is 5.64. The Morgan fingerprint density at radius 1 is 1.00 bits per heavy atom. The molecule has 2 heterocycles. The Morgan fingerprint density at radius 2 is 1.69 bits per heavy atom. The maximum Gasteiger partial charge on any atom is 0.322 e. The van der Waals surface area contributed by atoms with E-state index in [4.69, 9.17) is 0 Å². The highest BCUT2D eigenvalue weighted by Gasteiger charge is 2.27. The van der Waals surface area contributed by atoms with Gasteiger partial charge in [0.05, 0.1) is 12.2 Å². The summed E-state index contributed by atoms with van der Waals surface area (Å²) in [7, 11) is 0. The molecule has 0 unspecified atom stereocenters. The molecule has 0 aromatic heterocycles. The quantitative estimate of drug-likeness (QED) is 0.866. The molecule has 0 bridgehead atoms. The van der Waals surface area contributed by atoms with Crippen LogP contribution in [0.1, 0.15) is 11.1 Å². The fourth-order valence-electron chi connectivity index (χ4n) is 3.50. The molecule has 7 heteroatoms. The van der Waals surface area contributed by atoms with Crippen molar-refractivity contribution in [3.63, 3.8) is 0 Å². The van der Waals surface area contributed by atoms with Crippen molar-refractivity contribution in [1.82, 2.24) is 10.6 Å². The van der Waals surface area contributed by atoms with E-state index in [1.54, 1.807) is 17.0 Å². The minimum atomic E-state index is -0.270. The first-order chi connectivity index (χ1) is 12.2. The first-order valence-electron chi connectivity index (χ1n) is 8.60. The summed E-state index contributed by atoms with van der Waals surface area (Å²) < 4.78 is 13.1. The SMILES string of the molecule is Cl.O=C1NCc2c(N3CCNCC3)cccc2N1Cc1ccc(F)cc1. The van der Waals surface area contributed by atoms with Gasteiger partial charge in [-0.3, -0.25) is 4.90 Å². The molecule has 2 aromatic rings. The molecule has 26 heavy (non-hydrogen) atoms. The van der Waals surface area contributed by atoms with Crippen LogP contribution in [0.2, 0.25) is 0 Å². The lowest BCUT2D eigenvalue weighted by Gasteiger charge is -2.36. The average molecular weight is 377 g/mol. The van der Waals surface area contributed by atoms with Crippen LogP contribution in [-0.2, 0) is 13.1 Å². The standard InChI is InChI=1S/C19H21FN4O.ClH/c20-15-6-4-14(5-7-15)13-24-18-3-1-2-17(16(18)12-22-19(24)25)23-10-8-21-9-11-23;/h1-7,21H,8-13H2,(H,22,25);1H. The summed E-state index contributed by atoms with van der Waals surface area (Å²) in [5.41, 5.74) is 4.16. The molecule has 2 aliphatic rings. The number of fused-ring (bicyclic) bond motifs is 1. The molecule has 4 rings (SSSR count). The van der Waals surface area contributed by atoms with Crippen molar-refractivity contribution in [2.24, 2.45) is 0 Å². The largest absolute Gasteiger partial charge is 0.369 e. The van der Waals surface area contributed by atoms with Gasteiger partial charge < -0.3 is 15.5 Å². The average Bonchev–Trinajstić information content (AvgIpc) is 2.66. The lowest BCUT2D eigenvalue weighted by Crippen LogP contribution is -2.46. The predicted molar refractivity (Wildman–Crippen MR) is 104 cm³/mol. The van der Waals surface area contributed by atoms with E-state index in [9.17, 15) is 9.18 Å². The number of rotatable bonds is 3. The van der Waals surface area contributed by atoms with Crippen molar-refractivity contribution >= 4 is 29.8 Å². The molecular weight excluding hydrogens is 355 g/mol. The number of urea groups is 1. The van der Waals surface area contributed by atoms with Crippen molar-refractivity contribution < 1.29 is 9.18 Å². The van der Waals surface area contributed by atoms with E-state index in [0.717, 1.165) is 43.0 Å². The number of amides is 2. The normalized spacial score (nSPS) is 16.6. The number of anilines is 2. The number of nitrogens with zero attached hydrogens (tertiary/aromatic N) is 2. The smallest absolute Gasteiger partial charge is 0.322 e. The van der Waals surface area contributed by atoms with Gasteiger partial charge in [0, 0.05) is 44.0 Å². The summed E-state index contributed by atoms with van der Waals surface area (Å²) in [5, 5.41) is 6.34. The van der Waals surface area contributed by atoms with E-state index in [-0.39, 0.29) is 24.3 Å². The van der Waals surface area contributed by atoms with Crippen molar-refractivity contribution in [3.8, 4) is 0 Å². The van der Waals surface area contributed by atoms with Crippen LogP contribution in [-0.4, -0.2) is 32.2 Å². The van der Waals surface area contributed by atoms with Crippen molar-refractivity contribution in [2.75, 3.05) is 36.0 Å². The zero-order chi connectivity index (χ0) is 17.2. The third-order valence-corrected chi connectivity index (χ3v) is 4.79. The molecular formula is C19H22ClFN4O. The number of halogens is 2. The van der Waals surface area contributed by atoms with Gasteiger partial charge in [-0.25, -0.2) is 9.18 Å². The number of benzene rings is 2. The molecule has 0 saturated carbocycles. The number of hydrogen-bond acceptors (Lipinski definition) is 3. The number of carbonyl (C=O) groups excluding carboxylic acids is 1. The second-order valence-corrected chi connectivity index (χ2v) is 6.38. The van der Waals surface area contributed by atoms with Crippen molar-refractivity contribution in [2.45, 2.75) is 13.1 Å². The van der Waals surface area contributed by atoms with Crippen LogP contribution in [0.15, 0.2) is 42.5 Å². The maximum atomic E-state index is 13.1. The van der Waals surface area contributed by atoms with Gasteiger partial charge in [0.15, 0.2) is 0 Å². The Balaban J connectivity index is 0.00000196. The molecule has 2 aliphatic heterocycles. The van der Waals surface area contributed by atoms with E-state index in [0.29, 0.717) is 13.1 Å². The van der Waals surface area contributed by atoms with E-state index in [1.165, 1.54) is 17.8 Å². The fraction of sp³-hybridized carbons (Fsp3) is 0.316. The van der Waals surface area contributed by atoms with Crippen molar-refractivity contribution in [3.05, 3.63) is 59.4 Å². The molecule has 2 amide bonds. The summed E-state index contributed by atoms with van der Waals surface area (Å²) in [6, 6.07) is 12.3. The Labute approximate surface area is 158 Å². The molecule has 1 saturated heterocycles. The maximum absolute atomic E-state index is 13.1. The second kappa shape index (κ2) is 7.93. The zero-order valence-corrected chi connectivity index (χ0v) is 15.2. The highest BCUT2D eigenvalue weighted by molar-refractivity contribution is 5.96. The summed E-state index contributed by atoms with van der Waals surface area (Å²) in [6.07, 6.45) is 0. The third-order valence-electron chi connectivity index (χ3n) is 4.79. The molecule has 2 N–H and O–H groups in total. The molecule has 138 valence electrons. The van der Waals surface area contributed by atoms with Gasteiger partial charge in [-0.2, -0.15) is 0 Å². The summed E-state index contributed by atoms with van der Waals surface area (Å²) in [5.74, 6) is -0.270. The topological polar surface area (TPSA) is 47.6 Å². The molecule has 0 radical (unpaired) electrons. The van der Waals surface area contributed by atoms with Crippen LogP contribution in [0.4, 0.5) is 20.6 Å². The van der Waals surface area contributed by atoms with Gasteiger partial charge in [0.1, 0.15) is 5.82 Å². The number of piperazine rings is 1. The van der Waals surface area contributed by atoms with E-state index >= 15 is 0 Å². The lowest BCUT2D eigenvalue weighted by atomic mass is 10.0. The fourth-order valence-corrected chi connectivity index (χ4v) is 3.50. The Bertz CT molecular complexity index is 778. The molecule has 0 spiro atoms. The van der Waals surface area contributed by atoms with Gasteiger partial charge in [0.2, 0.25) is 0 Å². The van der Waals surface area contributed by atoms with Gasteiger partial charge in [-0.1, -0.05) is 18.2 Å². The van der Waals surface area contributed by atoms with Gasteiger partial charge >= 0.3 is 6.03 Å². The Hall–Kier alpha value is -2.31. The van der Waals surface area contributed by atoms with Crippen LogP contribution in [0.3, 0.4) is 0 Å². The molecule has 2 aromatic carbocycles. The molecule has 5 nitrogen and oxygen atoms in total. The summed E-state index contributed by atoms with van der Waals surface area (Å²) in [4.78, 5) is 16.5. The number of nitrogens with one attached hydrogen (secondary N) is 2. The zero-order valence-electron chi connectivity index (χ0n) is 14.4. The molecule has 0 aliphatic carbocycles. The first-order valence-corrected chi connectivity index (χ1v) is 8.60. The van der Waals surface area contributed by atoms with Crippen molar-refractivity contribution in [1.29, 1.82) is 0 Å². The highest BCUT2D eigenvalue weighted by atomic mass is 35.5. The lowest BCUT2D eigenvalue weighted by molar-refractivity contribution is 0.244. The Morgan fingerprint density at radius 3 is 2.42 bits per heavy atom. The predicted octanol–water partition coefficient (Wildman–Crippen LogP) is 2.89. The molecule has 1 fully saturated rings. The van der Waals surface area contributed by atoms with Gasteiger partial charge in [-0.15, -0.1) is 12.4 Å². The van der Waals surface area contributed by atoms with Crippen LogP contribution >= 0.6 is 12.4 Å². The van der Waals surface area contributed by atoms with E-state index < -0.39 is 0 Å². The highest BCUT2D eigenvalue weighted by Crippen LogP contribution is 2.34. The second-order valence-electron chi connectivity index (χ2n) is 6.38. The van der Waals surface area contributed by atoms with Crippen LogP contribution in [0.5, 0.6) is 0 Å². The first kappa shape index (κ1) is 18.5. The van der Waals surface area contributed by atoms with Crippen LogP contribution in [0.25, 0.3) is 0 Å². The minimum absolute atomic E-state index is 0. The minimum Gasteiger partial charge on any atom is -0.369 e. The number of hydrogen-bond donors (Lipinski definition) is 2. The monoisotopic (exact) mass is 376 g/mol. The van der Waals surface area contributed by atoms with Gasteiger partial charge in [0.25, 0.3) is 0 Å². The number of carbonyl (C=O) groups is 1. The summed E-state index contributed by atoms with van der Waals surface area (Å²) >= 11 is 0. The van der Waals surface area contributed by atoms with Gasteiger partial charge in [-0.05, 0) is 29.8 Å². The molecule has 0 atom stereocenters. The van der Waals surface area contributed by atoms with Crippen LogP contribution in [0, 0.1) is 5.82 Å². The van der Waals surface area contributed by atoms with Crippen LogP contribution < -0.4 is 20.4 Å². The summed E-state index contributed by atoms with van der Waals surface area (Å²) in [6.45, 7) is 4.81. The van der Waals surface area contributed by atoms with E-state index in [2.05, 4.69) is 21.6 Å². The third kappa shape index (κ3) is 3.61. The van der Waals surface area contributed by atoms with E-state index in [1.807, 2.05) is 12.1 Å².